The Balaban J connectivity index is 2.80. The highest BCUT2D eigenvalue weighted by Gasteiger charge is 2.35. The molecule has 1 unspecified atom stereocenters. The minimum Gasteiger partial charge on any atom is -0.481 e. The molecule has 1 saturated heterocycles. The second-order valence-corrected chi connectivity index (χ2v) is 7.03. The van der Waals surface area contributed by atoms with Crippen molar-refractivity contribution < 1.29 is 18.3 Å². The maximum Gasteiger partial charge on any atom is 0.304 e. The van der Waals surface area contributed by atoms with Crippen LogP contribution in [0.3, 0.4) is 0 Å². The van der Waals surface area contributed by atoms with Gasteiger partial charge in [0.15, 0.2) is 0 Å². The number of carboxylic acid groups (broad SMARTS) is 1. The van der Waals surface area contributed by atoms with E-state index in [4.69, 9.17) is 5.11 Å². The molecule has 0 aromatic heterocycles. The molecule has 0 aromatic rings. The van der Waals surface area contributed by atoms with Gasteiger partial charge in [0.25, 0.3) is 10.2 Å². The first kappa shape index (κ1) is 16.4. The summed E-state index contributed by atoms with van der Waals surface area (Å²) in [5, 5.41) is 8.89. The minimum atomic E-state index is -3.53. The summed E-state index contributed by atoms with van der Waals surface area (Å²) in [5.74, 6) is -0.941. The van der Waals surface area contributed by atoms with E-state index in [0.29, 0.717) is 19.5 Å². The first-order valence-corrected chi connectivity index (χ1v) is 8.24. The summed E-state index contributed by atoms with van der Waals surface area (Å²) in [6.45, 7) is 2.92. The van der Waals surface area contributed by atoms with Gasteiger partial charge in [0, 0.05) is 26.2 Å². The van der Waals surface area contributed by atoms with Crippen molar-refractivity contribution >= 4 is 16.2 Å². The molecule has 7 heteroatoms. The molecule has 1 atom stereocenters. The summed E-state index contributed by atoms with van der Waals surface area (Å²) >= 11 is 0. The average Bonchev–Trinajstić information content (AvgIpc) is 2.35. The standard InChI is InChI=1S/C12H24N2O4S/c1-3-4-8-13(2)19(17,18)14-9-6-5-7-11(14)10-12(15)16/h11H,3-10H2,1-2H3,(H,15,16). The van der Waals surface area contributed by atoms with Crippen LogP contribution in [0.15, 0.2) is 0 Å². The van der Waals surface area contributed by atoms with Crippen molar-refractivity contribution in [2.45, 2.75) is 51.5 Å². The molecule has 6 nitrogen and oxygen atoms in total. The summed E-state index contributed by atoms with van der Waals surface area (Å²) < 4.78 is 27.6. The lowest BCUT2D eigenvalue weighted by atomic mass is 10.0. The zero-order valence-electron chi connectivity index (χ0n) is 11.7. The smallest absolute Gasteiger partial charge is 0.304 e. The van der Waals surface area contributed by atoms with Crippen molar-refractivity contribution in [2.24, 2.45) is 0 Å². The molecule has 0 spiro atoms. The molecule has 112 valence electrons. The number of hydrogen-bond acceptors (Lipinski definition) is 3. The molecule has 19 heavy (non-hydrogen) atoms. The first-order valence-electron chi connectivity index (χ1n) is 6.84. The van der Waals surface area contributed by atoms with Crippen molar-refractivity contribution in [3.63, 3.8) is 0 Å². The van der Waals surface area contributed by atoms with Gasteiger partial charge in [-0.15, -0.1) is 0 Å². The number of nitrogens with zero attached hydrogens (tertiary/aromatic N) is 2. The Bertz CT molecular complexity index is 397. The number of hydrogen-bond donors (Lipinski definition) is 1. The largest absolute Gasteiger partial charge is 0.481 e. The van der Waals surface area contributed by atoms with Crippen molar-refractivity contribution in [1.29, 1.82) is 0 Å². The van der Waals surface area contributed by atoms with E-state index in [0.717, 1.165) is 25.7 Å². The second kappa shape index (κ2) is 7.21. The van der Waals surface area contributed by atoms with Crippen LogP contribution in [0.4, 0.5) is 0 Å². The number of carboxylic acids is 1. The van der Waals surface area contributed by atoms with Crippen LogP contribution in [-0.4, -0.2) is 54.3 Å². The molecule has 1 rings (SSSR count). The van der Waals surface area contributed by atoms with Gasteiger partial charge in [-0.1, -0.05) is 19.8 Å². The molecule has 0 radical (unpaired) electrons. The molecule has 1 aliphatic heterocycles. The zero-order chi connectivity index (χ0) is 14.5. The van der Waals surface area contributed by atoms with Gasteiger partial charge in [0.2, 0.25) is 0 Å². The van der Waals surface area contributed by atoms with Gasteiger partial charge >= 0.3 is 5.97 Å². The molecule has 1 N–H and O–H groups in total. The lowest BCUT2D eigenvalue weighted by Gasteiger charge is -2.36. The fourth-order valence-corrected chi connectivity index (χ4v) is 3.99. The third kappa shape index (κ3) is 4.43. The van der Waals surface area contributed by atoms with E-state index in [2.05, 4.69) is 0 Å². The quantitative estimate of drug-likeness (QED) is 0.767. The Morgan fingerprint density at radius 1 is 1.42 bits per heavy atom. The van der Waals surface area contributed by atoms with Crippen LogP contribution in [0.2, 0.25) is 0 Å². The van der Waals surface area contributed by atoms with E-state index in [1.54, 1.807) is 7.05 Å². The van der Waals surface area contributed by atoms with E-state index in [-0.39, 0.29) is 6.42 Å². The van der Waals surface area contributed by atoms with Crippen molar-refractivity contribution in [3.05, 3.63) is 0 Å². The van der Waals surface area contributed by atoms with Crippen LogP contribution < -0.4 is 0 Å². The molecule has 1 fully saturated rings. The molecule has 0 aromatic carbocycles. The van der Waals surface area contributed by atoms with E-state index in [1.165, 1.54) is 8.61 Å². The molecule has 1 heterocycles. The van der Waals surface area contributed by atoms with Gasteiger partial charge < -0.3 is 5.11 Å². The topological polar surface area (TPSA) is 77.9 Å². The summed E-state index contributed by atoms with van der Waals surface area (Å²) in [4.78, 5) is 10.8. The lowest BCUT2D eigenvalue weighted by molar-refractivity contribution is -0.138. The second-order valence-electron chi connectivity index (χ2n) is 5.04. The monoisotopic (exact) mass is 292 g/mol. The molecular formula is C12H24N2O4S. The Labute approximate surface area is 115 Å². The molecule has 0 bridgehead atoms. The maximum absolute atomic E-state index is 12.4. The van der Waals surface area contributed by atoms with E-state index in [1.807, 2.05) is 6.92 Å². The zero-order valence-corrected chi connectivity index (χ0v) is 12.5. The highest BCUT2D eigenvalue weighted by Crippen LogP contribution is 2.24. The number of carbonyl (C=O) groups is 1. The van der Waals surface area contributed by atoms with Crippen LogP contribution in [0.5, 0.6) is 0 Å². The Kier molecular flexibility index (Phi) is 6.22. The van der Waals surface area contributed by atoms with Gasteiger partial charge in [-0.2, -0.15) is 17.0 Å². The first-order chi connectivity index (χ1) is 8.89. The maximum atomic E-state index is 12.4. The molecule has 0 saturated carbocycles. The van der Waals surface area contributed by atoms with Crippen LogP contribution in [0, 0.1) is 0 Å². The predicted molar refractivity (Wildman–Crippen MR) is 73.1 cm³/mol. The molecule has 0 aliphatic carbocycles. The summed E-state index contributed by atoms with van der Waals surface area (Å²) in [5.41, 5.74) is 0. The van der Waals surface area contributed by atoms with E-state index in [9.17, 15) is 13.2 Å². The minimum absolute atomic E-state index is 0.110. The third-order valence-electron chi connectivity index (χ3n) is 3.50. The summed E-state index contributed by atoms with van der Waals surface area (Å²) in [6, 6.07) is -0.402. The number of aliphatic carboxylic acids is 1. The summed E-state index contributed by atoms with van der Waals surface area (Å²) in [6.07, 6.45) is 3.96. The lowest BCUT2D eigenvalue weighted by Crippen LogP contribution is -2.50. The summed E-state index contributed by atoms with van der Waals surface area (Å²) in [7, 11) is -1.96. The van der Waals surface area contributed by atoms with Gasteiger partial charge in [-0.05, 0) is 19.3 Å². The van der Waals surface area contributed by atoms with Crippen molar-refractivity contribution in [1.82, 2.24) is 8.61 Å². The molecule has 1 aliphatic rings. The Morgan fingerprint density at radius 2 is 2.11 bits per heavy atom. The number of piperidine rings is 1. The highest BCUT2D eigenvalue weighted by molar-refractivity contribution is 7.86. The van der Waals surface area contributed by atoms with Crippen LogP contribution in [0.1, 0.15) is 45.4 Å². The number of rotatable bonds is 7. The van der Waals surface area contributed by atoms with Crippen molar-refractivity contribution in [2.75, 3.05) is 20.1 Å². The van der Waals surface area contributed by atoms with Crippen LogP contribution in [-0.2, 0) is 15.0 Å². The fraction of sp³-hybridized carbons (Fsp3) is 0.917. The van der Waals surface area contributed by atoms with Gasteiger partial charge in [-0.3, -0.25) is 4.79 Å². The van der Waals surface area contributed by atoms with Gasteiger partial charge in [0.1, 0.15) is 0 Å². The molecule has 0 amide bonds. The highest BCUT2D eigenvalue weighted by atomic mass is 32.2. The predicted octanol–water partition coefficient (Wildman–Crippen LogP) is 1.29. The Morgan fingerprint density at radius 3 is 2.68 bits per heavy atom. The van der Waals surface area contributed by atoms with Gasteiger partial charge in [0.05, 0.1) is 6.42 Å². The van der Waals surface area contributed by atoms with E-state index >= 15 is 0 Å². The molecular weight excluding hydrogens is 268 g/mol. The van der Waals surface area contributed by atoms with Crippen LogP contribution in [0.25, 0.3) is 0 Å². The third-order valence-corrected chi connectivity index (χ3v) is 5.54. The average molecular weight is 292 g/mol. The van der Waals surface area contributed by atoms with Crippen LogP contribution >= 0.6 is 0 Å². The van der Waals surface area contributed by atoms with Crippen molar-refractivity contribution in [3.8, 4) is 0 Å². The number of unbranched alkanes of at least 4 members (excludes halogenated alkanes) is 1. The van der Waals surface area contributed by atoms with E-state index < -0.39 is 22.2 Å². The fourth-order valence-electron chi connectivity index (χ4n) is 2.36. The normalized spacial score (nSPS) is 21.7. The Hall–Kier alpha value is -0.660. The van der Waals surface area contributed by atoms with Gasteiger partial charge in [-0.25, -0.2) is 0 Å². The SMILES string of the molecule is CCCCN(C)S(=O)(=O)N1CCCCC1CC(=O)O.